The van der Waals surface area contributed by atoms with Crippen LogP contribution >= 0.6 is 0 Å². The Labute approximate surface area is 123 Å². The number of nitrogens with one attached hydrogen (secondary N) is 2. The molecule has 110 valence electrons. The number of aromatic nitrogens is 3. The second kappa shape index (κ2) is 5.31. The molecule has 3 rings (SSSR count). The molecule has 0 aliphatic heterocycles. The van der Waals surface area contributed by atoms with Crippen molar-refractivity contribution in [1.29, 1.82) is 0 Å². The molecule has 5 nitrogen and oxygen atoms in total. The molecule has 0 unspecified atom stereocenters. The molecule has 0 aromatic carbocycles. The van der Waals surface area contributed by atoms with Gasteiger partial charge >= 0.3 is 0 Å². The molecule has 0 bridgehead atoms. The Bertz CT molecular complexity index is 701. The van der Waals surface area contributed by atoms with Crippen LogP contribution in [0.2, 0.25) is 0 Å². The SMILES string of the molecule is Cc1nc(-c2ccc(N[C@H](C)C3CC3)nc2)[nH]c(=O)c1C. The zero-order valence-electron chi connectivity index (χ0n) is 12.6. The van der Waals surface area contributed by atoms with Crippen molar-refractivity contribution < 1.29 is 0 Å². The molecule has 2 N–H and O–H groups in total. The van der Waals surface area contributed by atoms with Crippen LogP contribution in [0.3, 0.4) is 0 Å². The molecule has 0 amide bonds. The number of hydrogen-bond acceptors (Lipinski definition) is 4. The van der Waals surface area contributed by atoms with Gasteiger partial charge in [-0.3, -0.25) is 4.79 Å². The first-order valence-electron chi connectivity index (χ1n) is 7.35. The summed E-state index contributed by atoms with van der Waals surface area (Å²) in [6.45, 7) is 5.81. The quantitative estimate of drug-likeness (QED) is 0.905. The van der Waals surface area contributed by atoms with Gasteiger partial charge in [-0.25, -0.2) is 9.97 Å². The van der Waals surface area contributed by atoms with E-state index in [0.717, 1.165) is 23.0 Å². The molecule has 2 heterocycles. The van der Waals surface area contributed by atoms with Crippen molar-refractivity contribution in [2.45, 2.75) is 39.7 Å². The van der Waals surface area contributed by atoms with E-state index in [1.54, 1.807) is 13.1 Å². The Morgan fingerprint density at radius 2 is 2.10 bits per heavy atom. The third-order valence-corrected chi connectivity index (χ3v) is 4.14. The standard InChI is InChI=1S/C16H20N4O/c1-9-10(2)19-15(20-16(9)21)13-6-7-14(17-8-13)18-11(3)12-4-5-12/h6-8,11-12H,4-5H2,1-3H3,(H,17,18)(H,19,20,21)/t11-/m1/s1. The van der Waals surface area contributed by atoms with E-state index in [0.29, 0.717) is 17.4 Å². The topological polar surface area (TPSA) is 70.7 Å². The lowest BCUT2D eigenvalue weighted by Crippen LogP contribution is -2.18. The molecule has 2 aromatic heterocycles. The van der Waals surface area contributed by atoms with Crippen LogP contribution in [0.5, 0.6) is 0 Å². The highest BCUT2D eigenvalue weighted by atomic mass is 16.1. The molecule has 5 heteroatoms. The van der Waals surface area contributed by atoms with Gasteiger partial charge in [-0.1, -0.05) is 0 Å². The number of nitrogens with zero attached hydrogens (tertiary/aromatic N) is 2. The summed E-state index contributed by atoms with van der Waals surface area (Å²) in [7, 11) is 0. The van der Waals surface area contributed by atoms with E-state index in [2.05, 4.69) is 27.2 Å². The second-order valence-electron chi connectivity index (χ2n) is 5.83. The van der Waals surface area contributed by atoms with E-state index in [4.69, 9.17) is 0 Å². The monoisotopic (exact) mass is 284 g/mol. The van der Waals surface area contributed by atoms with Gasteiger partial charge in [-0.15, -0.1) is 0 Å². The summed E-state index contributed by atoms with van der Waals surface area (Å²) in [6.07, 6.45) is 4.36. The number of anilines is 1. The average Bonchev–Trinajstić information content (AvgIpc) is 3.29. The van der Waals surface area contributed by atoms with Gasteiger partial charge in [0, 0.05) is 29.1 Å². The molecule has 1 aliphatic carbocycles. The summed E-state index contributed by atoms with van der Waals surface area (Å²) in [5.41, 5.74) is 2.13. The first kappa shape index (κ1) is 13.8. The number of H-pyrrole nitrogens is 1. The lowest BCUT2D eigenvalue weighted by molar-refractivity contribution is 0.691. The molecule has 0 radical (unpaired) electrons. The van der Waals surface area contributed by atoms with Gasteiger partial charge in [0.25, 0.3) is 5.56 Å². The maximum absolute atomic E-state index is 11.8. The molecule has 2 aromatic rings. The normalized spacial score (nSPS) is 15.8. The molecule has 1 aliphatic rings. The number of rotatable bonds is 4. The maximum atomic E-state index is 11.8. The first-order valence-corrected chi connectivity index (χ1v) is 7.35. The van der Waals surface area contributed by atoms with Crippen LogP contribution in [0.1, 0.15) is 31.0 Å². The fourth-order valence-electron chi connectivity index (χ4n) is 2.35. The molecular formula is C16H20N4O. The highest BCUT2D eigenvalue weighted by Gasteiger charge is 2.27. The van der Waals surface area contributed by atoms with Crippen LogP contribution in [-0.4, -0.2) is 21.0 Å². The predicted molar refractivity (Wildman–Crippen MR) is 83.4 cm³/mol. The fourth-order valence-corrected chi connectivity index (χ4v) is 2.35. The molecule has 21 heavy (non-hydrogen) atoms. The summed E-state index contributed by atoms with van der Waals surface area (Å²) in [5, 5.41) is 3.41. The number of aromatic amines is 1. The van der Waals surface area contributed by atoms with Crippen molar-refractivity contribution in [2.24, 2.45) is 5.92 Å². The van der Waals surface area contributed by atoms with Gasteiger partial charge in [0.05, 0.1) is 0 Å². The Kier molecular flexibility index (Phi) is 3.49. The minimum Gasteiger partial charge on any atom is -0.367 e. The van der Waals surface area contributed by atoms with Crippen LogP contribution in [0.15, 0.2) is 23.1 Å². The van der Waals surface area contributed by atoms with Gasteiger partial charge in [0.1, 0.15) is 11.6 Å². The second-order valence-corrected chi connectivity index (χ2v) is 5.83. The predicted octanol–water partition coefficient (Wildman–Crippen LogP) is 2.66. The van der Waals surface area contributed by atoms with E-state index in [1.165, 1.54) is 12.8 Å². The van der Waals surface area contributed by atoms with E-state index in [-0.39, 0.29) is 5.56 Å². The number of aryl methyl sites for hydroxylation is 1. The lowest BCUT2D eigenvalue weighted by Gasteiger charge is -2.13. The first-order chi connectivity index (χ1) is 10.0. The highest BCUT2D eigenvalue weighted by molar-refractivity contribution is 5.56. The van der Waals surface area contributed by atoms with Gasteiger partial charge in [-0.05, 0) is 51.7 Å². The smallest absolute Gasteiger partial charge is 0.254 e. The third kappa shape index (κ3) is 2.96. The fraction of sp³-hybridized carbons (Fsp3) is 0.438. The number of hydrogen-bond donors (Lipinski definition) is 2. The summed E-state index contributed by atoms with van der Waals surface area (Å²) in [5.74, 6) is 2.21. The third-order valence-electron chi connectivity index (χ3n) is 4.14. The Morgan fingerprint density at radius 3 is 2.67 bits per heavy atom. The van der Waals surface area contributed by atoms with Gasteiger partial charge in [0.2, 0.25) is 0 Å². The summed E-state index contributed by atoms with van der Waals surface area (Å²) >= 11 is 0. The van der Waals surface area contributed by atoms with Gasteiger partial charge < -0.3 is 10.3 Å². The number of pyridine rings is 1. The van der Waals surface area contributed by atoms with Crippen LogP contribution in [0.4, 0.5) is 5.82 Å². The van der Waals surface area contributed by atoms with Gasteiger partial charge in [0.15, 0.2) is 0 Å². The maximum Gasteiger partial charge on any atom is 0.254 e. The Morgan fingerprint density at radius 1 is 1.33 bits per heavy atom. The average molecular weight is 284 g/mol. The minimum atomic E-state index is -0.0953. The zero-order valence-corrected chi connectivity index (χ0v) is 12.6. The molecule has 1 fully saturated rings. The van der Waals surface area contributed by atoms with Crippen molar-refractivity contribution in [3.8, 4) is 11.4 Å². The molecule has 0 saturated heterocycles. The van der Waals surface area contributed by atoms with E-state index < -0.39 is 0 Å². The van der Waals surface area contributed by atoms with Crippen molar-refractivity contribution in [3.05, 3.63) is 39.9 Å². The molecule has 1 saturated carbocycles. The molecular weight excluding hydrogens is 264 g/mol. The van der Waals surface area contributed by atoms with Crippen molar-refractivity contribution in [1.82, 2.24) is 15.0 Å². The van der Waals surface area contributed by atoms with Crippen LogP contribution in [0.25, 0.3) is 11.4 Å². The Hall–Kier alpha value is -2.17. The van der Waals surface area contributed by atoms with Crippen molar-refractivity contribution >= 4 is 5.82 Å². The summed E-state index contributed by atoms with van der Waals surface area (Å²) in [4.78, 5) is 23.4. The van der Waals surface area contributed by atoms with Crippen LogP contribution in [0, 0.1) is 19.8 Å². The van der Waals surface area contributed by atoms with E-state index in [1.807, 2.05) is 19.1 Å². The molecule has 0 spiro atoms. The highest BCUT2D eigenvalue weighted by Crippen LogP contribution is 2.33. The summed E-state index contributed by atoms with van der Waals surface area (Å²) in [6, 6.07) is 4.33. The largest absolute Gasteiger partial charge is 0.367 e. The van der Waals surface area contributed by atoms with E-state index >= 15 is 0 Å². The van der Waals surface area contributed by atoms with E-state index in [9.17, 15) is 4.79 Å². The van der Waals surface area contributed by atoms with Crippen molar-refractivity contribution in [2.75, 3.05) is 5.32 Å². The minimum absolute atomic E-state index is 0.0953. The van der Waals surface area contributed by atoms with Crippen LogP contribution < -0.4 is 10.9 Å². The van der Waals surface area contributed by atoms with Crippen molar-refractivity contribution in [3.63, 3.8) is 0 Å². The zero-order chi connectivity index (χ0) is 15.0. The molecule has 1 atom stereocenters. The Balaban J connectivity index is 1.81. The summed E-state index contributed by atoms with van der Waals surface area (Å²) < 4.78 is 0. The lowest BCUT2D eigenvalue weighted by atomic mass is 10.2. The van der Waals surface area contributed by atoms with Gasteiger partial charge in [-0.2, -0.15) is 0 Å². The van der Waals surface area contributed by atoms with Crippen LogP contribution in [-0.2, 0) is 0 Å².